The van der Waals surface area contributed by atoms with Gasteiger partial charge in [0.1, 0.15) is 11.9 Å². The zero-order chi connectivity index (χ0) is 21.6. The van der Waals surface area contributed by atoms with Crippen LogP contribution in [0.15, 0.2) is 72.8 Å². The number of nitrogens with zero attached hydrogens (tertiary/aromatic N) is 1. The molecule has 5 heteroatoms. The Hall–Kier alpha value is -2.82. The van der Waals surface area contributed by atoms with Crippen molar-refractivity contribution in [3.63, 3.8) is 0 Å². The first-order valence-corrected chi connectivity index (χ1v) is 11.0. The molecule has 1 heterocycles. The van der Waals surface area contributed by atoms with Crippen LogP contribution in [0, 0.1) is 0 Å². The number of amides is 1. The number of halogens is 1. The number of hydrogen-bond donors (Lipinski definition) is 1. The number of anilines is 1. The molecule has 0 aliphatic carbocycles. The molecule has 31 heavy (non-hydrogen) atoms. The van der Waals surface area contributed by atoms with E-state index in [-0.39, 0.29) is 5.91 Å². The molecule has 4 nitrogen and oxygen atoms in total. The van der Waals surface area contributed by atoms with Crippen molar-refractivity contribution < 1.29 is 9.53 Å². The second-order valence-corrected chi connectivity index (χ2v) is 8.54. The SMILES string of the molecule is CN1CCC(Oc2ccc(Cc3ccc(NC(=O)c4ccc(Cl)cc4)cc3)cc2)CC1. The van der Waals surface area contributed by atoms with E-state index >= 15 is 0 Å². The lowest BCUT2D eigenvalue weighted by molar-refractivity contribution is 0.102. The molecule has 1 fully saturated rings. The molecule has 3 aromatic carbocycles. The van der Waals surface area contributed by atoms with Crippen molar-refractivity contribution in [3.8, 4) is 5.75 Å². The Kier molecular flexibility index (Phi) is 6.90. The Bertz CT molecular complexity index is 993. The van der Waals surface area contributed by atoms with Crippen LogP contribution in [0.4, 0.5) is 5.69 Å². The summed E-state index contributed by atoms with van der Waals surface area (Å²) in [6.07, 6.45) is 3.32. The lowest BCUT2D eigenvalue weighted by atomic mass is 10.0. The molecule has 0 bridgehead atoms. The van der Waals surface area contributed by atoms with Crippen molar-refractivity contribution in [2.24, 2.45) is 0 Å². The third kappa shape index (κ3) is 6.09. The number of rotatable bonds is 6. The number of carbonyl (C=O) groups is 1. The molecule has 0 aromatic heterocycles. The predicted octanol–water partition coefficient (Wildman–Crippen LogP) is 5.66. The van der Waals surface area contributed by atoms with E-state index in [1.165, 1.54) is 11.1 Å². The molecule has 3 aromatic rings. The highest BCUT2D eigenvalue weighted by molar-refractivity contribution is 6.30. The maximum Gasteiger partial charge on any atom is 0.255 e. The zero-order valence-electron chi connectivity index (χ0n) is 17.7. The van der Waals surface area contributed by atoms with Crippen molar-refractivity contribution in [1.29, 1.82) is 0 Å². The van der Waals surface area contributed by atoms with E-state index in [0.717, 1.165) is 43.8 Å². The Morgan fingerprint density at radius 1 is 0.935 bits per heavy atom. The first kappa shape index (κ1) is 21.4. The maximum atomic E-state index is 12.3. The van der Waals surface area contributed by atoms with E-state index in [2.05, 4.69) is 41.5 Å². The largest absolute Gasteiger partial charge is 0.490 e. The number of piperidine rings is 1. The van der Waals surface area contributed by atoms with Crippen LogP contribution in [-0.4, -0.2) is 37.0 Å². The number of ether oxygens (including phenoxy) is 1. The van der Waals surface area contributed by atoms with Crippen LogP contribution in [-0.2, 0) is 6.42 Å². The summed E-state index contributed by atoms with van der Waals surface area (Å²) in [6.45, 7) is 2.19. The van der Waals surface area contributed by atoms with Crippen LogP contribution in [0.5, 0.6) is 5.75 Å². The molecule has 1 saturated heterocycles. The standard InChI is InChI=1S/C26H27ClN2O2/c1-29-16-14-25(15-17-29)31-24-12-4-20(5-13-24)18-19-2-10-23(11-3-19)28-26(30)21-6-8-22(27)9-7-21/h2-13,25H,14-18H2,1H3,(H,28,30). The molecule has 0 atom stereocenters. The average molecular weight is 435 g/mol. The molecule has 1 amide bonds. The summed E-state index contributed by atoms with van der Waals surface area (Å²) in [7, 11) is 2.16. The highest BCUT2D eigenvalue weighted by Crippen LogP contribution is 2.21. The van der Waals surface area contributed by atoms with Crippen LogP contribution < -0.4 is 10.1 Å². The molecular formula is C26H27ClN2O2. The van der Waals surface area contributed by atoms with Gasteiger partial charge >= 0.3 is 0 Å². The van der Waals surface area contributed by atoms with Crippen molar-refractivity contribution in [2.45, 2.75) is 25.4 Å². The van der Waals surface area contributed by atoms with Crippen LogP contribution >= 0.6 is 11.6 Å². The normalized spacial score (nSPS) is 14.9. The van der Waals surface area contributed by atoms with Gasteiger partial charge in [0.05, 0.1) is 0 Å². The van der Waals surface area contributed by atoms with E-state index in [4.69, 9.17) is 16.3 Å². The van der Waals surface area contributed by atoms with Crippen LogP contribution in [0.25, 0.3) is 0 Å². The Morgan fingerprint density at radius 2 is 1.52 bits per heavy atom. The molecule has 0 saturated carbocycles. The molecule has 1 aliphatic heterocycles. The van der Waals surface area contributed by atoms with Crippen molar-refractivity contribution >= 4 is 23.2 Å². The summed E-state index contributed by atoms with van der Waals surface area (Å²) in [5.41, 5.74) is 3.77. The van der Waals surface area contributed by atoms with E-state index in [9.17, 15) is 4.79 Å². The molecule has 0 unspecified atom stereocenters. The van der Waals surface area contributed by atoms with Gasteiger partial charge in [-0.2, -0.15) is 0 Å². The number of benzene rings is 3. The van der Waals surface area contributed by atoms with Gasteiger partial charge in [0.2, 0.25) is 0 Å². The van der Waals surface area contributed by atoms with Crippen molar-refractivity contribution in [1.82, 2.24) is 4.90 Å². The lowest BCUT2D eigenvalue weighted by Gasteiger charge is -2.29. The first-order valence-electron chi connectivity index (χ1n) is 10.7. The second kappa shape index (κ2) is 9.99. The Morgan fingerprint density at radius 3 is 2.13 bits per heavy atom. The Labute approximate surface area is 188 Å². The fourth-order valence-corrected chi connectivity index (χ4v) is 3.85. The quantitative estimate of drug-likeness (QED) is 0.544. The van der Waals surface area contributed by atoms with E-state index < -0.39 is 0 Å². The summed E-state index contributed by atoms with van der Waals surface area (Å²) < 4.78 is 6.13. The monoisotopic (exact) mass is 434 g/mol. The summed E-state index contributed by atoms with van der Waals surface area (Å²) in [6, 6.07) is 23.2. The van der Waals surface area contributed by atoms with Gasteiger partial charge in [-0.15, -0.1) is 0 Å². The van der Waals surface area contributed by atoms with E-state index in [0.29, 0.717) is 16.7 Å². The maximum absolute atomic E-state index is 12.3. The lowest BCUT2D eigenvalue weighted by Crippen LogP contribution is -2.35. The molecule has 1 N–H and O–H groups in total. The number of likely N-dealkylation sites (tertiary alicyclic amines) is 1. The predicted molar refractivity (Wildman–Crippen MR) is 126 cm³/mol. The van der Waals surface area contributed by atoms with Crippen molar-refractivity contribution in [3.05, 3.63) is 94.5 Å². The second-order valence-electron chi connectivity index (χ2n) is 8.10. The molecule has 160 valence electrons. The number of carbonyl (C=O) groups excluding carboxylic acids is 1. The molecule has 4 rings (SSSR count). The van der Waals surface area contributed by atoms with Gasteiger partial charge in [-0.3, -0.25) is 4.79 Å². The zero-order valence-corrected chi connectivity index (χ0v) is 18.4. The smallest absolute Gasteiger partial charge is 0.255 e. The third-order valence-electron chi connectivity index (χ3n) is 5.62. The van der Waals surface area contributed by atoms with Gasteiger partial charge in [0, 0.05) is 29.4 Å². The van der Waals surface area contributed by atoms with Crippen LogP contribution in [0.1, 0.15) is 34.3 Å². The van der Waals surface area contributed by atoms with Gasteiger partial charge in [-0.25, -0.2) is 0 Å². The fraction of sp³-hybridized carbons (Fsp3) is 0.269. The minimum atomic E-state index is -0.149. The van der Waals surface area contributed by atoms with Crippen LogP contribution in [0.3, 0.4) is 0 Å². The summed E-state index contributed by atoms with van der Waals surface area (Å²) >= 11 is 5.88. The van der Waals surface area contributed by atoms with Gasteiger partial charge < -0.3 is 15.0 Å². The fourth-order valence-electron chi connectivity index (χ4n) is 3.73. The highest BCUT2D eigenvalue weighted by Gasteiger charge is 2.17. The molecule has 0 spiro atoms. The number of nitrogens with one attached hydrogen (secondary N) is 1. The van der Waals surface area contributed by atoms with E-state index in [1.807, 2.05) is 24.3 Å². The van der Waals surface area contributed by atoms with Gasteiger partial charge in [0.15, 0.2) is 0 Å². The van der Waals surface area contributed by atoms with Crippen LogP contribution in [0.2, 0.25) is 5.02 Å². The molecular weight excluding hydrogens is 408 g/mol. The summed E-state index contributed by atoms with van der Waals surface area (Å²) in [5.74, 6) is 0.795. The van der Waals surface area contributed by atoms with Gasteiger partial charge in [0.25, 0.3) is 5.91 Å². The summed E-state index contributed by atoms with van der Waals surface area (Å²) in [4.78, 5) is 14.7. The minimum absolute atomic E-state index is 0.149. The van der Waals surface area contributed by atoms with Gasteiger partial charge in [-0.05, 0) is 86.0 Å². The topological polar surface area (TPSA) is 41.6 Å². The molecule has 0 radical (unpaired) electrons. The third-order valence-corrected chi connectivity index (χ3v) is 5.87. The summed E-state index contributed by atoms with van der Waals surface area (Å²) in [5, 5.41) is 3.53. The average Bonchev–Trinajstić information content (AvgIpc) is 2.78. The molecule has 1 aliphatic rings. The first-order chi connectivity index (χ1) is 15.0. The van der Waals surface area contributed by atoms with E-state index in [1.54, 1.807) is 24.3 Å². The minimum Gasteiger partial charge on any atom is -0.490 e. The van der Waals surface area contributed by atoms with Crippen molar-refractivity contribution in [2.75, 3.05) is 25.5 Å². The number of hydrogen-bond acceptors (Lipinski definition) is 3. The Balaban J connectivity index is 1.30. The van der Waals surface area contributed by atoms with Gasteiger partial charge in [-0.1, -0.05) is 35.9 Å². The highest BCUT2D eigenvalue weighted by atomic mass is 35.5.